The van der Waals surface area contributed by atoms with E-state index in [4.69, 9.17) is 5.73 Å². The highest BCUT2D eigenvalue weighted by molar-refractivity contribution is 9.10. The fourth-order valence-electron chi connectivity index (χ4n) is 1.27. The average molecular weight is 255 g/mol. The Bertz CT molecular complexity index is 367. The molecule has 0 spiro atoms. The zero-order valence-electron chi connectivity index (χ0n) is 7.53. The quantitative estimate of drug-likeness (QED) is 0.836. The minimum absolute atomic E-state index is 0.0598. The second-order valence-electron chi connectivity index (χ2n) is 3.46. The first-order valence-corrected chi connectivity index (χ1v) is 5.29. The predicted octanol–water partition coefficient (Wildman–Crippen LogP) is 1.28. The third kappa shape index (κ3) is 1.96. The van der Waals surface area contributed by atoms with Gasteiger partial charge in [-0.25, -0.2) is 0 Å². The lowest BCUT2D eigenvalue weighted by Gasteiger charge is -2.04. The van der Waals surface area contributed by atoms with Gasteiger partial charge in [-0.1, -0.05) is 12.1 Å². The third-order valence-electron chi connectivity index (χ3n) is 2.27. The Balaban J connectivity index is 2.07. The molecule has 0 radical (unpaired) electrons. The van der Waals surface area contributed by atoms with E-state index in [1.54, 1.807) is 6.07 Å². The SMILES string of the molecule is NC1CC1NC(=O)c1ccccc1Br. The number of hydrogen-bond donors (Lipinski definition) is 2. The van der Waals surface area contributed by atoms with Crippen molar-refractivity contribution < 1.29 is 4.79 Å². The Morgan fingerprint density at radius 3 is 2.71 bits per heavy atom. The molecular weight excluding hydrogens is 244 g/mol. The van der Waals surface area contributed by atoms with Gasteiger partial charge in [-0.15, -0.1) is 0 Å². The number of carbonyl (C=O) groups excluding carboxylic acids is 1. The molecule has 0 aromatic heterocycles. The standard InChI is InChI=1S/C10H11BrN2O/c11-7-4-2-1-3-6(7)10(14)13-9-5-8(9)12/h1-4,8-9H,5,12H2,(H,13,14). The predicted molar refractivity (Wildman–Crippen MR) is 58.0 cm³/mol. The van der Waals surface area contributed by atoms with Crippen molar-refractivity contribution in [2.45, 2.75) is 18.5 Å². The van der Waals surface area contributed by atoms with E-state index >= 15 is 0 Å². The zero-order chi connectivity index (χ0) is 10.1. The first kappa shape index (κ1) is 9.68. The molecule has 1 aromatic rings. The zero-order valence-corrected chi connectivity index (χ0v) is 9.12. The molecule has 3 nitrogen and oxygen atoms in total. The normalized spacial score (nSPS) is 24.4. The van der Waals surface area contributed by atoms with Gasteiger partial charge in [0.25, 0.3) is 5.91 Å². The van der Waals surface area contributed by atoms with Crippen LogP contribution in [0.2, 0.25) is 0 Å². The van der Waals surface area contributed by atoms with Crippen LogP contribution in [0.5, 0.6) is 0 Å². The summed E-state index contributed by atoms with van der Waals surface area (Å²) in [4.78, 5) is 11.7. The van der Waals surface area contributed by atoms with E-state index in [2.05, 4.69) is 21.2 Å². The van der Waals surface area contributed by atoms with Crippen LogP contribution < -0.4 is 11.1 Å². The number of nitrogens with two attached hydrogens (primary N) is 1. The number of carbonyl (C=O) groups is 1. The van der Waals surface area contributed by atoms with E-state index in [0.717, 1.165) is 10.9 Å². The number of rotatable bonds is 2. The molecule has 3 N–H and O–H groups in total. The molecule has 1 aromatic carbocycles. The summed E-state index contributed by atoms with van der Waals surface area (Å²) in [7, 11) is 0. The van der Waals surface area contributed by atoms with Gasteiger partial charge in [0.05, 0.1) is 5.56 Å². The molecule has 1 amide bonds. The lowest BCUT2D eigenvalue weighted by molar-refractivity contribution is 0.0949. The summed E-state index contributed by atoms with van der Waals surface area (Å²) in [6.45, 7) is 0. The largest absolute Gasteiger partial charge is 0.348 e. The number of nitrogens with one attached hydrogen (secondary N) is 1. The molecule has 74 valence electrons. The van der Waals surface area contributed by atoms with Crippen LogP contribution in [0.25, 0.3) is 0 Å². The second kappa shape index (κ2) is 3.71. The minimum atomic E-state index is -0.0598. The van der Waals surface area contributed by atoms with E-state index < -0.39 is 0 Å². The first-order chi connectivity index (χ1) is 6.68. The van der Waals surface area contributed by atoms with Crippen LogP contribution >= 0.6 is 15.9 Å². The molecule has 4 heteroatoms. The minimum Gasteiger partial charge on any atom is -0.348 e. The van der Waals surface area contributed by atoms with Crippen LogP contribution in [-0.2, 0) is 0 Å². The van der Waals surface area contributed by atoms with Crippen LogP contribution in [-0.4, -0.2) is 18.0 Å². The van der Waals surface area contributed by atoms with Crippen LogP contribution in [0.4, 0.5) is 0 Å². The molecule has 1 aliphatic rings. The van der Waals surface area contributed by atoms with Crippen LogP contribution in [0.3, 0.4) is 0 Å². The topological polar surface area (TPSA) is 55.1 Å². The van der Waals surface area contributed by atoms with Gasteiger partial charge >= 0.3 is 0 Å². The molecule has 0 saturated heterocycles. The van der Waals surface area contributed by atoms with Gasteiger partial charge in [-0.05, 0) is 34.5 Å². The summed E-state index contributed by atoms with van der Waals surface area (Å²) in [5.41, 5.74) is 6.26. The van der Waals surface area contributed by atoms with Gasteiger partial charge in [0.2, 0.25) is 0 Å². The first-order valence-electron chi connectivity index (χ1n) is 4.49. The molecule has 1 fully saturated rings. The lowest BCUT2D eigenvalue weighted by atomic mass is 10.2. The van der Waals surface area contributed by atoms with Crippen molar-refractivity contribution in [1.82, 2.24) is 5.32 Å². The highest BCUT2D eigenvalue weighted by Crippen LogP contribution is 2.20. The van der Waals surface area contributed by atoms with E-state index in [1.165, 1.54) is 0 Å². The summed E-state index contributed by atoms with van der Waals surface area (Å²) >= 11 is 3.33. The Labute approximate surface area is 90.8 Å². The van der Waals surface area contributed by atoms with Crippen molar-refractivity contribution in [3.63, 3.8) is 0 Å². The summed E-state index contributed by atoms with van der Waals surface area (Å²) in [6, 6.07) is 7.65. The molecule has 1 aliphatic carbocycles. The maximum atomic E-state index is 11.7. The maximum absolute atomic E-state index is 11.7. The van der Waals surface area contributed by atoms with Gasteiger partial charge < -0.3 is 11.1 Å². The van der Waals surface area contributed by atoms with Crippen molar-refractivity contribution in [3.05, 3.63) is 34.3 Å². The molecule has 0 bridgehead atoms. The Morgan fingerprint density at radius 1 is 1.50 bits per heavy atom. The smallest absolute Gasteiger partial charge is 0.252 e. The van der Waals surface area contributed by atoms with Crippen molar-refractivity contribution in [3.8, 4) is 0 Å². The average Bonchev–Trinajstić information content (AvgIpc) is 2.82. The summed E-state index contributed by atoms with van der Waals surface area (Å²) in [6.07, 6.45) is 0.885. The van der Waals surface area contributed by atoms with Crippen LogP contribution in [0, 0.1) is 0 Å². The summed E-state index contributed by atoms with van der Waals surface area (Å²) < 4.78 is 0.812. The summed E-state index contributed by atoms with van der Waals surface area (Å²) in [5, 5.41) is 2.87. The van der Waals surface area contributed by atoms with Gasteiger partial charge in [0, 0.05) is 16.6 Å². The van der Waals surface area contributed by atoms with Crippen LogP contribution in [0.15, 0.2) is 28.7 Å². The second-order valence-corrected chi connectivity index (χ2v) is 4.31. The van der Waals surface area contributed by atoms with Gasteiger partial charge in [0.15, 0.2) is 0 Å². The molecular formula is C10H11BrN2O. The lowest BCUT2D eigenvalue weighted by Crippen LogP contribution is -2.29. The molecule has 1 saturated carbocycles. The van der Waals surface area contributed by atoms with E-state index in [-0.39, 0.29) is 18.0 Å². The van der Waals surface area contributed by atoms with E-state index in [9.17, 15) is 4.79 Å². The van der Waals surface area contributed by atoms with Crippen LogP contribution in [0.1, 0.15) is 16.8 Å². The van der Waals surface area contributed by atoms with Gasteiger partial charge in [-0.3, -0.25) is 4.79 Å². The molecule has 2 rings (SSSR count). The molecule has 2 unspecified atom stereocenters. The fourth-order valence-corrected chi connectivity index (χ4v) is 1.74. The Hall–Kier alpha value is -0.870. The van der Waals surface area contributed by atoms with E-state index in [0.29, 0.717) is 5.56 Å². The molecule has 0 heterocycles. The Kier molecular flexibility index (Phi) is 2.56. The maximum Gasteiger partial charge on any atom is 0.252 e. The van der Waals surface area contributed by atoms with Crippen molar-refractivity contribution in [1.29, 1.82) is 0 Å². The summed E-state index contributed by atoms with van der Waals surface area (Å²) in [5.74, 6) is -0.0598. The number of benzene rings is 1. The van der Waals surface area contributed by atoms with Gasteiger partial charge in [0.1, 0.15) is 0 Å². The van der Waals surface area contributed by atoms with Crippen molar-refractivity contribution in [2.24, 2.45) is 5.73 Å². The Morgan fingerprint density at radius 2 is 2.14 bits per heavy atom. The van der Waals surface area contributed by atoms with Crippen molar-refractivity contribution in [2.75, 3.05) is 0 Å². The number of halogens is 1. The monoisotopic (exact) mass is 254 g/mol. The highest BCUT2D eigenvalue weighted by atomic mass is 79.9. The molecule has 14 heavy (non-hydrogen) atoms. The molecule has 2 atom stereocenters. The third-order valence-corrected chi connectivity index (χ3v) is 2.97. The molecule has 0 aliphatic heterocycles. The van der Waals surface area contributed by atoms with Crippen molar-refractivity contribution >= 4 is 21.8 Å². The number of hydrogen-bond acceptors (Lipinski definition) is 2. The fraction of sp³-hybridized carbons (Fsp3) is 0.300. The number of amides is 1. The highest BCUT2D eigenvalue weighted by Gasteiger charge is 2.35. The van der Waals surface area contributed by atoms with E-state index in [1.807, 2.05) is 18.2 Å². The van der Waals surface area contributed by atoms with Gasteiger partial charge in [-0.2, -0.15) is 0 Å².